The highest BCUT2D eigenvalue weighted by atomic mass is 32.2. The van der Waals surface area contributed by atoms with Gasteiger partial charge in [-0.1, -0.05) is 6.92 Å². The van der Waals surface area contributed by atoms with Crippen molar-refractivity contribution < 1.29 is 17.9 Å². The van der Waals surface area contributed by atoms with Crippen LogP contribution in [0.25, 0.3) is 0 Å². The van der Waals surface area contributed by atoms with Crippen molar-refractivity contribution in [3.63, 3.8) is 0 Å². The van der Waals surface area contributed by atoms with Crippen LogP contribution in [-0.4, -0.2) is 75.0 Å². The smallest absolute Gasteiger partial charge is 0.251 e. The average Bonchev–Trinajstić information content (AvgIpc) is 2.67. The highest BCUT2D eigenvalue weighted by Crippen LogP contribution is 2.23. The Hall–Kier alpha value is -1.48. The minimum atomic E-state index is -3.49. The van der Waals surface area contributed by atoms with Gasteiger partial charge >= 0.3 is 0 Å². The predicted octanol–water partition coefficient (Wildman–Crippen LogP) is 1.95. The lowest BCUT2D eigenvalue weighted by Gasteiger charge is -2.35. The number of sulfonamides is 1. The van der Waals surface area contributed by atoms with Crippen molar-refractivity contribution in [2.75, 3.05) is 39.3 Å². The van der Waals surface area contributed by atoms with Crippen LogP contribution in [0.2, 0.25) is 0 Å². The lowest BCUT2D eigenvalue weighted by molar-refractivity contribution is -0.0672. The molecule has 0 saturated carbocycles. The number of rotatable bonds is 6. The molecule has 1 aromatic rings. The summed E-state index contributed by atoms with van der Waals surface area (Å²) in [4.78, 5) is 14.9. The third kappa shape index (κ3) is 5.78. The van der Waals surface area contributed by atoms with Crippen LogP contribution >= 0.6 is 0 Å². The van der Waals surface area contributed by atoms with Crippen LogP contribution in [0.1, 0.15) is 44.0 Å². The summed E-state index contributed by atoms with van der Waals surface area (Å²) in [5, 5.41) is 2.92. The number of carbonyl (C=O) groups excluding carboxylic acids is 1. The second-order valence-corrected chi connectivity index (χ2v) is 10.3. The van der Waals surface area contributed by atoms with E-state index in [-0.39, 0.29) is 23.0 Å². The van der Waals surface area contributed by atoms with Crippen molar-refractivity contribution in [1.29, 1.82) is 0 Å². The lowest BCUT2D eigenvalue weighted by Crippen LogP contribution is -2.47. The molecular formula is C21H33N3O4S. The Morgan fingerprint density at radius 1 is 1.07 bits per heavy atom. The van der Waals surface area contributed by atoms with Gasteiger partial charge in [-0.05, 0) is 56.9 Å². The molecule has 8 heteroatoms. The molecule has 3 rings (SSSR count). The van der Waals surface area contributed by atoms with Crippen molar-refractivity contribution in [2.45, 2.75) is 50.7 Å². The van der Waals surface area contributed by atoms with Gasteiger partial charge in [0.15, 0.2) is 0 Å². The van der Waals surface area contributed by atoms with Crippen molar-refractivity contribution in [1.82, 2.24) is 14.5 Å². The highest BCUT2D eigenvalue weighted by molar-refractivity contribution is 7.89. The second-order valence-electron chi connectivity index (χ2n) is 8.38. The molecule has 2 heterocycles. The maximum absolute atomic E-state index is 12.8. The second kappa shape index (κ2) is 9.55. The Kier molecular flexibility index (Phi) is 7.32. The Morgan fingerprint density at radius 2 is 1.66 bits per heavy atom. The van der Waals surface area contributed by atoms with E-state index in [4.69, 9.17) is 4.74 Å². The molecule has 0 aromatic heterocycles. The molecule has 2 unspecified atom stereocenters. The Bertz CT molecular complexity index is 779. The van der Waals surface area contributed by atoms with Crippen LogP contribution in [0.4, 0.5) is 0 Å². The maximum Gasteiger partial charge on any atom is 0.251 e. The van der Waals surface area contributed by atoms with Gasteiger partial charge in [0.25, 0.3) is 5.91 Å². The molecule has 1 N–H and O–H groups in total. The number of ether oxygens (including phenoxy) is 1. The topological polar surface area (TPSA) is 79.0 Å². The summed E-state index contributed by atoms with van der Waals surface area (Å²) >= 11 is 0. The van der Waals surface area contributed by atoms with Crippen LogP contribution in [0, 0.1) is 5.92 Å². The van der Waals surface area contributed by atoms with Crippen LogP contribution in [0.15, 0.2) is 29.2 Å². The minimum absolute atomic E-state index is 0.185. The molecule has 29 heavy (non-hydrogen) atoms. The maximum atomic E-state index is 12.8. The number of nitrogens with one attached hydrogen (secondary N) is 1. The van der Waals surface area contributed by atoms with E-state index in [0.717, 1.165) is 32.5 Å². The zero-order valence-corrected chi connectivity index (χ0v) is 18.5. The normalized spacial score (nSPS) is 25.1. The number of benzene rings is 1. The molecule has 2 atom stereocenters. The first kappa shape index (κ1) is 22.2. The van der Waals surface area contributed by atoms with Gasteiger partial charge in [-0.25, -0.2) is 8.42 Å². The van der Waals surface area contributed by atoms with Gasteiger partial charge in [-0.15, -0.1) is 0 Å². The Labute approximate surface area is 174 Å². The van der Waals surface area contributed by atoms with Crippen molar-refractivity contribution in [2.24, 2.45) is 5.92 Å². The summed E-state index contributed by atoms with van der Waals surface area (Å²) in [7, 11) is -3.49. The molecule has 162 valence electrons. The van der Waals surface area contributed by atoms with Gasteiger partial charge in [0.1, 0.15) is 0 Å². The summed E-state index contributed by atoms with van der Waals surface area (Å²) < 4.78 is 32.8. The van der Waals surface area contributed by atoms with Gasteiger partial charge in [0, 0.05) is 44.8 Å². The molecule has 1 aromatic carbocycles. The first-order valence-electron chi connectivity index (χ1n) is 10.5. The fourth-order valence-electron chi connectivity index (χ4n) is 4.05. The highest BCUT2D eigenvalue weighted by Gasteiger charge is 2.28. The summed E-state index contributed by atoms with van der Waals surface area (Å²) in [6.45, 7) is 10.4. The first-order chi connectivity index (χ1) is 13.8. The number of carbonyl (C=O) groups is 1. The number of piperidine rings is 1. The van der Waals surface area contributed by atoms with E-state index >= 15 is 0 Å². The third-order valence-corrected chi connectivity index (χ3v) is 7.62. The molecule has 7 nitrogen and oxygen atoms in total. The van der Waals surface area contributed by atoms with Gasteiger partial charge in [-0.2, -0.15) is 4.31 Å². The van der Waals surface area contributed by atoms with Crippen LogP contribution < -0.4 is 5.32 Å². The standard InChI is InChI=1S/C21H33N3O4S/c1-16-8-11-24(12-9-16)29(26,27)20-6-4-19(5-7-20)21(25)22-10-13-23-14-17(2)28-18(3)15-23/h4-7,16-18H,8-15H2,1-3H3,(H,22,25). The van der Waals surface area contributed by atoms with Gasteiger partial charge < -0.3 is 10.1 Å². The lowest BCUT2D eigenvalue weighted by atomic mass is 10.0. The van der Waals surface area contributed by atoms with Gasteiger partial charge in [0.05, 0.1) is 17.1 Å². The molecule has 0 bridgehead atoms. The number of morpholine rings is 1. The van der Waals surface area contributed by atoms with E-state index in [1.165, 1.54) is 12.1 Å². The number of hydrogen-bond acceptors (Lipinski definition) is 5. The van der Waals surface area contributed by atoms with Crippen molar-refractivity contribution in [3.05, 3.63) is 29.8 Å². The minimum Gasteiger partial charge on any atom is -0.373 e. The Morgan fingerprint density at radius 3 is 2.24 bits per heavy atom. The molecule has 2 fully saturated rings. The zero-order valence-electron chi connectivity index (χ0n) is 17.6. The van der Waals surface area contributed by atoms with Crippen LogP contribution in [-0.2, 0) is 14.8 Å². The van der Waals surface area contributed by atoms with Gasteiger partial charge in [0.2, 0.25) is 10.0 Å². The number of amides is 1. The summed E-state index contributed by atoms with van der Waals surface area (Å²) in [6, 6.07) is 6.25. The van der Waals surface area contributed by atoms with E-state index in [1.54, 1.807) is 16.4 Å². The van der Waals surface area contributed by atoms with E-state index < -0.39 is 10.0 Å². The summed E-state index contributed by atoms with van der Waals surface area (Å²) in [6.07, 6.45) is 2.18. The Balaban J connectivity index is 1.52. The summed E-state index contributed by atoms with van der Waals surface area (Å²) in [5.41, 5.74) is 0.472. The first-order valence-corrected chi connectivity index (χ1v) is 12.0. The van der Waals surface area contributed by atoms with E-state index in [9.17, 15) is 13.2 Å². The average molecular weight is 424 g/mol. The van der Waals surface area contributed by atoms with Crippen LogP contribution in [0.5, 0.6) is 0 Å². The third-order valence-electron chi connectivity index (χ3n) is 5.71. The van der Waals surface area contributed by atoms with E-state index in [1.807, 2.05) is 0 Å². The fraction of sp³-hybridized carbons (Fsp3) is 0.667. The van der Waals surface area contributed by atoms with Crippen LogP contribution in [0.3, 0.4) is 0 Å². The molecule has 0 radical (unpaired) electrons. The van der Waals surface area contributed by atoms with E-state index in [0.29, 0.717) is 31.1 Å². The molecule has 2 aliphatic rings. The largest absolute Gasteiger partial charge is 0.373 e. The fourth-order valence-corrected chi connectivity index (χ4v) is 5.52. The SMILES string of the molecule is CC1CCN(S(=O)(=O)c2ccc(C(=O)NCCN3CC(C)OC(C)C3)cc2)CC1. The molecule has 0 spiro atoms. The zero-order chi connectivity index (χ0) is 21.0. The quantitative estimate of drug-likeness (QED) is 0.757. The molecule has 2 saturated heterocycles. The monoisotopic (exact) mass is 423 g/mol. The molecule has 2 aliphatic heterocycles. The predicted molar refractivity (Wildman–Crippen MR) is 112 cm³/mol. The van der Waals surface area contributed by atoms with E-state index in [2.05, 4.69) is 31.0 Å². The number of nitrogens with zero attached hydrogens (tertiary/aromatic N) is 2. The molecule has 0 aliphatic carbocycles. The van der Waals surface area contributed by atoms with Crippen molar-refractivity contribution >= 4 is 15.9 Å². The van der Waals surface area contributed by atoms with Crippen molar-refractivity contribution in [3.8, 4) is 0 Å². The molecule has 1 amide bonds. The number of hydrogen-bond donors (Lipinski definition) is 1. The summed E-state index contributed by atoms with van der Waals surface area (Å²) in [5.74, 6) is 0.381. The molecular weight excluding hydrogens is 390 g/mol. The van der Waals surface area contributed by atoms with Gasteiger partial charge in [-0.3, -0.25) is 9.69 Å².